The summed E-state index contributed by atoms with van der Waals surface area (Å²) in [6, 6.07) is 6.37. The average Bonchev–Trinajstić information content (AvgIpc) is 3.13. The lowest BCUT2D eigenvalue weighted by molar-refractivity contribution is 0.289. The van der Waals surface area contributed by atoms with Gasteiger partial charge < -0.3 is 9.47 Å². The lowest BCUT2D eigenvalue weighted by atomic mass is 10.0. The largest absolute Gasteiger partial charge is 0.493 e. The van der Waals surface area contributed by atoms with Crippen molar-refractivity contribution >= 4 is 0 Å². The Balaban J connectivity index is 1.91. The van der Waals surface area contributed by atoms with E-state index in [1.807, 2.05) is 0 Å². The van der Waals surface area contributed by atoms with Gasteiger partial charge in [-0.3, -0.25) is 0 Å². The minimum atomic E-state index is 0.770. The van der Waals surface area contributed by atoms with Crippen molar-refractivity contribution < 1.29 is 9.47 Å². The summed E-state index contributed by atoms with van der Waals surface area (Å²) in [4.78, 5) is 0. The maximum absolute atomic E-state index is 6.15. The highest BCUT2D eigenvalue weighted by Gasteiger charge is 2.04. The van der Waals surface area contributed by atoms with Crippen LogP contribution >= 0.6 is 0 Å². The van der Waals surface area contributed by atoms with Crippen molar-refractivity contribution in [2.75, 3.05) is 13.2 Å². The Morgan fingerprint density at radius 2 is 0.540 bits per heavy atom. The third kappa shape index (κ3) is 32.7. The van der Waals surface area contributed by atoms with E-state index >= 15 is 0 Å². The Morgan fingerprint density at radius 1 is 0.320 bits per heavy atom. The van der Waals surface area contributed by atoms with Gasteiger partial charge >= 0.3 is 0 Å². The summed E-state index contributed by atoms with van der Waals surface area (Å²) in [6.07, 6.45) is 51.4. The molecule has 0 saturated carbocycles. The van der Waals surface area contributed by atoms with E-state index in [0.29, 0.717) is 0 Å². The number of unbranched alkanes of at least 4 members (excludes halogenated alkanes) is 34. The van der Waals surface area contributed by atoms with Crippen molar-refractivity contribution in [2.24, 2.45) is 0 Å². The van der Waals surface area contributed by atoms with Gasteiger partial charge in [0.25, 0.3) is 0 Å². The molecule has 0 aliphatic rings. The molecule has 0 fully saturated rings. The highest BCUT2D eigenvalue weighted by Crippen LogP contribution is 2.24. The molecule has 0 atom stereocenters. The molecular weight excluding hydrogens is 609 g/mol. The first kappa shape index (κ1) is 46.8. The van der Waals surface area contributed by atoms with Crippen LogP contribution in [-0.2, 0) is 6.42 Å². The summed E-state index contributed by atoms with van der Waals surface area (Å²) in [5, 5.41) is 0. The number of benzene rings is 1. The molecule has 293 valence electrons. The molecule has 1 radical (unpaired) electrons. The maximum atomic E-state index is 6.15. The molecule has 0 aromatic heterocycles. The second-order valence-electron chi connectivity index (χ2n) is 15.8. The van der Waals surface area contributed by atoms with Gasteiger partial charge in [0.1, 0.15) is 11.5 Å². The van der Waals surface area contributed by atoms with Crippen LogP contribution in [0.5, 0.6) is 11.5 Å². The fraction of sp³-hybridized carbons (Fsp3) is 0.854. The molecule has 0 spiro atoms. The highest BCUT2D eigenvalue weighted by atomic mass is 16.5. The molecule has 50 heavy (non-hydrogen) atoms. The van der Waals surface area contributed by atoms with Crippen molar-refractivity contribution in [3.05, 3.63) is 30.7 Å². The quantitative estimate of drug-likeness (QED) is 0.0634. The van der Waals surface area contributed by atoms with E-state index in [0.717, 1.165) is 44.0 Å². The minimum absolute atomic E-state index is 0.770. The lowest BCUT2D eigenvalue weighted by Crippen LogP contribution is -2.01. The molecule has 1 aromatic carbocycles. The zero-order chi connectivity index (χ0) is 35.8. The first-order chi connectivity index (χ1) is 24.8. The monoisotopic (exact) mass is 698 g/mol. The van der Waals surface area contributed by atoms with Crippen molar-refractivity contribution in [1.82, 2.24) is 0 Å². The standard InChI is InChI=1S/C48H89O2/c1-4-7-9-11-13-15-17-19-21-23-25-27-29-31-33-35-37-39-41-49-47-43-46(6-3)44-48(45-47)50-42-40-38-36-34-32-30-28-26-24-22-20-18-16-14-12-10-8-5-2/h43-45H,3-42H2,1-2H3. The Hall–Kier alpha value is -1.18. The van der Waals surface area contributed by atoms with Gasteiger partial charge in [-0.2, -0.15) is 0 Å². The number of ether oxygens (including phenoxy) is 2. The Morgan fingerprint density at radius 3 is 0.760 bits per heavy atom. The molecular formula is C48H89O2. The summed E-state index contributed by atoms with van der Waals surface area (Å²) in [5.74, 6) is 1.90. The molecule has 0 heterocycles. The number of hydrogen-bond donors (Lipinski definition) is 0. The van der Waals surface area contributed by atoms with E-state index < -0.39 is 0 Å². The predicted molar refractivity (Wildman–Crippen MR) is 224 cm³/mol. The molecule has 0 amide bonds. The van der Waals surface area contributed by atoms with Gasteiger partial charge in [0.15, 0.2) is 0 Å². The summed E-state index contributed by atoms with van der Waals surface area (Å²) in [5.41, 5.74) is 1.20. The van der Waals surface area contributed by atoms with Crippen LogP contribution in [0.4, 0.5) is 0 Å². The predicted octanol–water partition coefficient (Wildman–Crippen LogP) is 16.9. The van der Waals surface area contributed by atoms with Crippen LogP contribution in [0.1, 0.15) is 251 Å². The van der Waals surface area contributed by atoms with Gasteiger partial charge in [-0.25, -0.2) is 0 Å². The summed E-state index contributed by atoms with van der Waals surface area (Å²) >= 11 is 0. The van der Waals surface area contributed by atoms with Crippen LogP contribution in [0.15, 0.2) is 18.2 Å². The van der Waals surface area contributed by atoms with Gasteiger partial charge in [-0.15, -0.1) is 0 Å². The second kappa shape index (κ2) is 39.0. The lowest BCUT2D eigenvalue weighted by Gasteiger charge is -2.12. The first-order valence-electron chi connectivity index (χ1n) is 23.0. The van der Waals surface area contributed by atoms with Crippen molar-refractivity contribution in [3.8, 4) is 11.5 Å². The third-order valence-corrected chi connectivity index (χ3v) is 10.8. The molecule has 1 rings (SSSR count). The van der Waals surface area contributed by atoms with Crippen LogP contribution in [0.25, 0.3) is 0 Å². The summed E-state index contributed by atoms with van der Waals surface area (Å²) in [7, 11) is 0. The summed E-state index contributed by atoms with van der Waals surface area (Å²) in [6.45, 7) is 10.3. The fourth-order valence-corrected chi connectivity index (χ4v) is 7.33. The zero-order valence-corrected chi connectivity index (χ0v) is 34.3. The molecule has 0 unspecified atom stereocenters. The van der Waals surface area contributed by atoms with Crippen LogP contribution in [-0.4, -0.2) is 13.2 Å². The van der Waals surface area contributed by atoms with Crippen LogP contribution in [0.2, 0.25) is 0 Å². The van der Waals surface area contributed by atoms with Crippen LogP contribution < -0.4 is 9.47 Å². The Bertz CT molecular complexity index is 728. The van der Waals surface area contributed by atoms with E-state index in [-0.39, 0.29) is 0 Å². The minimum Gasteiger partial charge on any atom is -0.493 e. The smallest absolute Gasteiger partial charge is 0.123 e. The zero-order valence-electron chi connectivity index (χ0n) is 34.3. The van der Waals surface area contributed by atoms with E-state index in [1.165, 1.54) is 224 Å². The van der Waals surface area contributed by atoms with E-state index in [9.17, 15) is 0 Å². The second-order valence-corrected chi connectivity index (χ2v) is 15.8. The Kier molecular flexibility index (Phi) is 36.6. The van der Waals surface area contributed by atoms with Crippen molar-refractivity contribution in [3.63, 3.8) is 0 Å². The van der Waals surface area contributed by atoms with Gasteiger partial charge in [-0.1, -0.05) is 232 Å². The topological polar surface area (TPSA) is 18.5 Å². The maximum Gasteiger partial charge on any atom is 0.123 e. The SMILES string of the molecule is [CH2]Cc1cc(OCCCCCCCCCCCCCCCCCCCC)cc(OCCCCCCCCCCCCCCCCCCCC)c1. The van der Waals surface area contributed by atoms with E-state index in [2.05, 4.69) is 39.0 Å². The van der Waals surface area contributed by atoms with Crippen molar-refractivity contribution in [2.45, 2.75) is 251 Å². The molecule has 0 N–H and O–H groups in total. The third-order valence-electron chi connectivity index (χ3n) is 10.8. The Labute approximate surface area is 315 Å². The number of hydrogen-bond acceptors (Lipinski definition) is 2. The average molecular weight is 698 g/mol. The van der Waals surface area contributed by atoms with E-state index in [1.54, 1.807) is 0 Å². The van der Waals surface area contributed by atoms with Crippen LogP contribution in [0.3, 0.4) is 0 Å². The highest BCUT2D eigenvalue weighted by molar-refractivity contribution is 5.38. The van der Waals surface area contributed by atoms with Gasteiger partial charge in [-0.05, 0) is 43.9 Å². The molecule has 2 nitrogen and oxygen atoms in total. The van der Waals surface area contributed by atoms with Gasteiger partial charge in [0.2, 0.25) is 0 Å². The molecule has 0 aliphatic heterocycles. The molecule has 0 aliphatic carbocycles. The normalized spacial score (nSPS) is 11.4. The van der Waals surface area contributed by atoms with Crippen molar-refractivity contribution in [1.29, 1.82) is 0 Å². The van der Waals surface area contributed by atoms with E-state index in [4.69, 9.17) is 9.47 Å². The van der Waals surface area contributed by atoms with Gasteiger partial charge in [0.05, 0.1) is 13.2 Å². The molecule has 2 heteroatoms. The van der Waals surface area contributed by atoms with Gasteiger partial charge in [0, 0.05) is 6.07 Å². The molecule has 0 bridgehead atoms. The first-order valence-corrected chi connectivity index (χ1v) is 23.0. The molecule has 0 saturated heterocycles. The van der Waals surface area contributed by atoms with Crippen LogP contribution in [0, 0.1) is 6.92 Å². The fourth-order valence-electron chi connectivity index (χ4n) is 7.33. The summed E-state index contributed by atoms with van der Waals surface area (Å²) < 4.78 is 12.3. The molecule has 1 aromatic rings. The number of rotatable bonds is 41.